The van der Waals surface area contributed by atoms with Gasteiger partial charge in [-0.05, 0) is 31.6 Å². The molecule has 0 unspecified atom stereocenters. The van der Waals surface area contributed by atoms with Crippen LogP contribution in [0, 0.1) is 5.92 Å². The Bertz CT molecular complexity index is 126. The van der Waals surface area contributed by atoms with Crippen molar-refractivity contribution in [3.63, 3.8) is 0 Å². The molecule has 1 heteroatoms. The van der Waals surface area contributed by atoms with Crippen LogP contribution >= 0.6 is 0 Å². The van der Waals surface area contributed by atoms with Crippen LogP contribution in [0.5, 0.6) is 0 Å². The van der Waals surface area contributed by atoms with E-state index >= 15 is 0 Å². The third-order valence-electron chi connectivity index (χ3n) is 3.18. The highest BCUT2D eigenvalue weighted by atomic mass is 16.5. The zero-order valence-corrected chi connectivity index (χ0v) is 9.44. The highest BCUT2D eigenvalue weighted by Crippen LogP contribution is 2.35. The van der Waals surface area contributed by atoms with Gasteiger partial charge in [-0.1, -0.05) is 33.6 Å². The molecule has 0 spiro atoms. The van der Waals surface area contributed by atoms with Gasteiger partial charge >= 0.3 is 0 Å². The first-order valence-electron chi connectivity index (χ1n) is 5.86. The van der Waals surface area contributed by atoms with Gasteiger partial charge in [-0.3, -0.25) is 0 Å². The average molecular weight is 184 g/mol. The molecule has 13 heavy (non-hydrogen) atoms. The van der Waals surface area contributed by atoms with Crippen molar-refractivity contribution in [3.05, 3.63) is 0 Å². The van der Waals surface area contributed by atoms with Crippen molar-refractivity contribution in [2.45, 2.75) is 64.9 Å². The summed E-state index contributed by atoms with van der Waals surface area (Å²) < 4.78 is 6.06. The summed E-state index contributed by atoms with van der Waals surface area (Å²) in [7, 11) is 0. The zero-order valence-electron chi connectivity index (χ0n) is 9.44. The van der Waals surface area contributed by atoms with Gasteiger partial charge < -0.3 is 4.74 Å². The molecule has 1 aliphatic rings. The molecule has 1 heterocycles. The van der Waals surface area contributed by atoms with Gasteiger partial charge in [0.2, 0.25) is 0 Å². The van der Waals surface area contributed by atoms with Crippen molar-refractivity contribution in [1.82, 2.24) is 0 Å². The molecule has 1 atom stereocenters. The quantitative estimate of drug-likeness (QED) is 0.646. The van der Waals surface area contributed by atoms with Crippen LogP contribution in [0.15, 0.2) is 0 Å². The van der Waals surface area contributed by atoms with Crippen molar-refractivity contribution < 1.29 is 4.74 Å². The molecule has 1 aliphatic heterocycles. The highest BCUT2D eigenvalue weighted by molar-refractivity contribution is 4.84. The highest BCUT2D eigenvalue weighted by Gasteiger charge is 2.33. The second-order valence-corrected chi connectivity index (χ2v) is 4.64. The third kappa shape index (κ3) is 2.98. The fourth-order valence-corrected chi connectivity index (χ4v) is 2.41. The third-order valence-corrected chi connectivity index (χ3v) is 3.18. The molecule has 1 fully saturated rings. The van der Waals surface area contributed by atoms with Gasteiger partial charge in [0.25, 0.3) is 0 Å². The molecule has 0 N–H and O–H groups in total. The summed E-state index contributed by atoms with van der Waals surface area (Å²) in [6.45, 7) is 7.80. The minimum absolute atomic E-state index is 0.260. The van der Waals surface area contributed by atoms with Crippen molar-refractivity contribution in [1.29, 1.82) is 0 Å². The topological polar surface area (TPSA) is 9.23 Å². The maximum atomic E-state index is 6.06. The van der Waals surface area contributed by atoms with Crippen molar-refractivity contribution >= 4 is 0 Å². The molecule has 78 valence electrons. The van der Waals surface area contributed by atoms with Crippen LogP contribution in [0.4, 0.5) is 0 Å². The minimum Gasteiger partial charge on any atom is -0.375 e. The van der Waals surface area contributed by atoms with E-state index in [4.69, 9.17) is 4.74 Å². The van der Waals surface area contributed by atoms with E-state index in [1.165, 1.54) is 38.5 Å². The molecule has 1 saturated heterocycles. The molecule has 0 bridgehead atoms. The molecule has 1 rings (SSSR count). The standard InChI is InChI=1S/C12H24O/c1-4-7-12(8-5-2)9-6-11(3)10-13-12/h11H,4-10H2,1-3H3/t11-/m1/s1. The lowest BCUT2D eigenvalue weighted by Gasteiger charge is -2.39. The van der Waals surface area contributed by atoms with Gasteiger partial charge in [0.1, 0.15) is 0 Å². The molecular formula is C12H24O. The average Bonchev–Trinajstić information content (AvgIpc) is 2.11. The molecule has 0 radical (unpaired) electrons. The molecule has 0 aromatic rings. The van der Waals surface area contributed by atoms with E-state index < -0.39 is 0 Å². The summed E-state index contributed by atoms with van der Waals surface area (Å²) in [4.78, 5) is 0. The van der Waals surface area contributed by atoms with Crippen molar-refractivity contribution in [2.75, 3.05) is 6.61 Å². The Morgan fingerprint density at radius 2 is 1.85 bits per heavy atom. The van der Waals surface area contributed by atoms with E-state index in [2.05, 4.69) is 20.8 Å². The molecule has 0 aliphatic carbocycles. The largest absolute Gasteiger partial charge is 0.375 e. The van der Waals surface area contributed by atoms with Crippen LogP contribution in [0.1, 0.15) is 59.3 Å². The summed E-state index contributed by atoms with van der Waals surface area (Å²) in [5, 5.41) is 0. The van der Waals surface area contributed by atoms with Crippen LogP contribution in [0.25, 0.3) is 0 Å². The predicted octanol–water partition coefficient (Wildman–Crippen LogP) is 3.77. The minimum atomic E-state index is 0.260. The van der Waals surface area contributed by atoms with Gasteiger partial charge in [0.05, 0.1) is 5.60 Å². The lowest BCUT2D eigenvalue weighted by atomic mass is 9.83. The Morgan fingerprint density at radius 3 is 2.23 bits per heavy atom. The Kier molecular flexibility index (Phi) is 4.24. The molecule has 0 aromatic heterocycles. The molecule has 0 aromatic carbocycles. The maximum Gasteiger partial charge on any atom is 0.0682 e. The summed E-state index contributed by atoms with van der Waals surface area (Å²) in [6, 6.07) is 0. The van der Waals surface area contributed by atoms with Crippen LogP contribution in [-0.4, -0.2) is 12.2 Å². The Labute approximate surface area is 82.9 Å². The number of ether oxygens (including phenoxy) is 1. The Morgan fingerprint density at radius 1 is 1.23 bits per heavy atom. The van der Waals surface area contributed by atoms with Gasteiger partial charge in [0, 0.05) is 6.61 Å². The summed E-state index contributed by atoms with van der Waals surface area (Å²) in [6.07, 6.45) is 7.68. The Balaban J connectivity index is 2.47. The van der Waals surface area contributed by atoms with Gasteiger partial charge in [-0.25, -0.2) is 0 Å². The molecule has 0 amide bonds. The van der Waals surface area contributed by atoms with Gasteiger partial charge in [0.15, 0.2) is 0 Å². The van der Waals surface area contributed by atoms with E-state index in [1.54, 1.807) is 0 Å². The van der Waals surface area contributed by atoms with Gasteiger partial charge in [-0.2, -0.15) is 0 Å². The van der Waals surface area contributed by atoms with Crippen LogP contribution in [-0.2, 0) is 4.74 Å². The lowest BCUT2D eigenvalue weighted by Crippen LogP contribution is -2.38. The molecule has 0 saturated carbocycles. The monoisotopic (exact) mass is 184 g/mol. The van der Waals surface area contributed by atoms with Crippen LogP contribution in [0.3, 0.4) is 0 Å². The Hall–Kier alpha value is -0.0400. The maximum absolute atomic E-state index is 6.06. The second-order valence-electron chi connectivity index (χ2n) is 4.64. The smallest absolute Gasteiger partial charge is 0.0682 e. The SMILES string of the molecule is CCCC1(CCC)CC[C@@H](C)CO1. The van der Waals surface area contributed by atoms with Gasteiger partial charge in [-0.15, -0.1) is 0 Å². The fourth-order valence-electron chi connectivity index (χ4n) is 2.41. The number of rotatable bonds is 4. The predicted molar refractivity (Wildman–Crippen MR) is 56.9 cm³/mol. The van der Waals surface area contributed by atoms with E-state index in [9.17, 15) is 0 Å². The molecule has 1 nitrogen and oxygen atoms in total. The molecular weight excluding hydrogens is 160 g/mol. The van der Waals surface area contributed by atoms with E-state index in [0.29, 0.717) is 0 Å². The first kappa shape index (κ1) is 11.0. The first-order valence-corrected chi connectivity index (χ1v) is 5.86. The first-order chi connectivity index (χ1) is 6.22. The van der Waals surface area contributed by atoms with Crippen LogP contribution in [0.2, 0.25) is 0 Å². The number of hydrogen-bond donors (Lipinski definition) is 0. The van der Waals surface area contributed by atoms with E-state index in [0.717, 1.165) is 12.5 Å². The van der Waals surface area contributed by atoms with E-state index in [-0.39, 0.29) is 5.60 Å². The summed E-state index contributed by atoms with van der Waals surface area (Å²) in [5.41, 5.74) is 0.260. The fraction of sp³-hybridized carbons (Fsp3) is 1.00. The second kappa shape index (κ2) is 4.99. The summed E-state index contributed by atoms with van der Waals surface area (Å²) in [5.74, 6) is 0.779. The number of hydrogen-bond acceptors (Lipinski definition) is 1. The van der Waals surface area contributed by atoms with Crippen molar-refractivity contribution in [2.24, 2.45) is 5.92 Å². The zero-order chi connectivity index (χ0) is 9.73. The normalized spacial score (nSPS) is 27.5. The summed E-state index contributed by atoms with van der Waals surface area (Å²) >= 11 is 0. The van der Waals surface area contributed by atoms with E-state index in [1.807, 2.05) is 0 Å². The lowest BCUT2D eigenvalue weighted by molar-refractivity contribution is -0.107. The van der Waals surface area contributed by atoms with Crippen molar-refractivity contribution in [3.8, 4) is 0 Å². The van der Waals surface area contributed by atoms with Crippen LogP contribution < -0.4 is 0 Å².